The lowest BCUT2D eigenvalue weighted by Gasteiger charge is -2.21. The second-order valence-electron chi connectivity index (χ2n) is 4.84. The van der Waals surface area contributed by atoms with Crippen molar-refractivity contribution in [3.8, 4) is 0 Å². The van der Waals surface area contributed by atoms with E-state index in [0.29, 0.717) is 0 Å². The molecule has 0 radical (unpaired) electrons. The summed E-state index contributed by atoms with van der Waals surface area (Å²) in [7, 11) is 0. The highest BCUT2D eigenvalue weighted by atomic mass is 16.7. The van der Waals surface area contributed by atoms with Gasteiger partial charge in [-0.2, -0.15) is 0 Å². The van der Waals surface area contributed by atoms with E-state index in [4.69, 9.17) is 9.47 Å². The van der Waals surface area contributed by atoms with Crippen LogP contribution in [0.1, 0.15) is 17.5 Å². The van der Waals surface area contributed by atoms with Crippen molar-refractivity contribution in [1.29, 1.82) is 0 Å². The molecule has 0 N–H and O–H groups in total. The second-order valence-corrected chi connectivity index (χ2v) is 4.84. The molecule has 0 aromatic heterocycles. The number of esters is 2. The Bertz CT molecular complexity index is 647. The molecule has 0 spiro atoms. The Balaban J connectivity index is 2.00. The van der Waals surface area contributed by atoms with E-state index in [-0.39, 0.29) is 6.42 Å². The van der Waals surface area contributed by atoms with E-state index in [1.165, 1.54) is 0 Å². The van der Waals surface area contributed by atoms with E-state index in [1.807, 2.05) is 60.7 Å². The van der Waals surface area contributed by atoms with Crippen molar-refractivity contribution in [3.05, 3.63) is 77.9 Å². The van der Waals surface area contributed by atoms with Crippen molar-refractivity contribution in [2.75, 3.05) is 0 Å². The van der Waals surface area contributed by atoms with Crippen LogP contribution in [0, 0.1) is 0 Å². The summed E-state index contributed by atoms with van der Waals surface area (Å²) in [5, 5.41) is 0. The Hall–Kier alpha value is -2.88. The molecule has 3 rings (SSSR count). The van der Waals surface area contributed by atoms with E-state index in [9.17, 15) is 9.59 Å². The fraction of sp³-hybridized carbons (Fsp3) is 0.111. The number of cyclic esters (lactones) is 2. The van der Waals surface area contributed by atoms with Crippen molar-refractivity contribution in [3.63, 3.8) is 0 Å². The zero-order valence-electron chi connectivity index (χ0n) is 11.8. The summed E-state index contributed by atoms with van der Waals surface area (Å²) in [5.41, 5.74) is 2.74. The highest BCUT2D eigenvalue weighted by Crippen LogP contribution is 2.25. The van der Waals surface area contributed by atoms with Crippen LogP contribution in [0.2, 0.25) is 0 Å². The summed E-state index contributed by atoms with van der Waals surface area (Å²) in [6.45, 7) is 0. The average Bonchev–Trinajstić information content (AvgIpc) is 2.53. The summed E-state index contributed by atoms with van der Waals surface area (Å²) in [6, 6.07) is 19.3. The molecule has 1 heterocycles. The van der Waals surface area contributed by atoms with Gasteiger partial charge in [0.15, 0.2) is 0 Å². The zero-order valence-corrected chi connectivity index (χ0v) is 11.8. The van der Waals surface area contributed by atoms with Gasteiger partial charge in [-0.05, 0) is 16.7 Å². The van der Waals surface area contributed by atoms with Crippen LogP contribution in [0.5, 0.6) is 0 Å². The van der Waals surface area contributed by atoms with Crippen molar-refractivity contribution in [2.45, 2.75) is 12.7 Å². The Kier molecular flexibility index (Phi) is 4.01. The molecule has 110 valence electrons. The maximum Gasteiger partial charge on any atom is 0.320 e. The monoisotopic (exact) mass is 294 g/mol. The van der Waals surface area contributed by atoms with E-state index < -0.39 is 18.2 Å². The predicted molar refractivity (Wildman–Crippen MR) is 80.6 cm³/mol. The van der Waals surface area contributed by atoms with Crippen LogP contribution < -0.4 is 0 Å². The summed E-state index contributed by atoms with van der Waals surface area (Å²) in [4.78, 5) is 22.8. The SMILES string of the molecule is O=C1CC(=O)OC(C=C(c2ccccc2)c2ccccc2)O1. The van der Waals surface area contributed by atoms with Gasteiger partial charge < -0.3 is 9.47 Å². The minimum atomic E-state index is -0.996. The first-order valence-electron chi connectivity index (χ1n) is 6.94. The largest absolute Gasteiger partial charge is 0.421 e. The third kappa shape index (κ3) is 3.23. The lowest BCUT2D eigenvalue weighted by molar-refractivity contribution is -0.194. The minimum Gasteiger partial charge on any atom is -0.421 e. The van der Waals surface area contributed by atoms with Crippen LogP contribution in [0.3, 0.4) is 0 Å². The topological polar surface area (TPSA) is 52.6 Å². The van der Waals surface area contributed by atoms with E-state index in [1.54, 1.807) is 6.08 Å². The van der Waals surface area contributed by atoms with Crippen LogP contribution in [0.25, 0.3) is 5.57 Å². The molecule has 0 saturated carbocycles. The van der Waals surface area contributed by atoms with Gasteiger partial charge in [0.05, 0.1) is 0 Å². The third-order valence-corrected chi connectivity index (χ3v) is 3.26. The molecule has 2 aromatic carbocycles. The van der Waals surface area contributed by atoms with Gasteiger partial charge in [-0.3, -0.25) is 9.59 Å². The van der Waals surface area contributed by atoms with Gasteiger partial charge in [-0.1, -0.05) is 60.7 Å². The van der Waals surface area contributed by atoms with E-state index in [0.717, 1.165) is 16.7 Å². The van der Waals surface area contributed by atoms with Gasteiger partial charge in [-0.25, -0.2) is 0 Å². The lowest BCUT2D eigenvalue weighted by Crippen LogP contribution is -2.31. The van der Waals surface area contributed by atoms with Crippen LogP contribution in [0.4, 0.5) is 0 Å². The number of carbonyl (C=O) groups is 2. The molecular formula is C18H14O4. The maximum absolute atomic E-state index is 11.4. The molecule has 2 aromatic rings. The van der Waals surface area contributed by atoms with Gasteiger partial charge in [0.1, 0.15) is 6.42 Å². The molecule has 1 aliphatic rings. The molecule has 0 aliphatic carbocycles. The number of carbonyl (C=O) groups excluding carboxylic acids is 2. The van der Waals surface area contributed by atoms with E-state index in [2.05, 4.69) is 0 Å². The smallest absolute Gasteiger partial charge is 0.320 e. The van der Waals surface area contributed by atoms with Gasteiger partial charge in [-0.15, -0.1) is 0 Å². The Morgan fingerprint density at radius 3 is 1.73 bits per heavy atom. The fourth-order valence-electron chi connectivity index (χ4n) is 2.28. The molecule has 0 bridgehead atoms. The maximum atomic E-state index is 11.4. The van der Waals surface area contributed by atoms with Crippen molar-refractivity contribution in [2.24, 2.45) is 0 Å². The fourth-order valence-corrected chi connectivity index (χ4v) is 2.28. The first-order valence-corrected chi connectivity index (χ1v) is 6.94. The average molecular weight is 294 g/mol. The van der Waals surface area contributed by atoms with E-state index >= 15 is 0 Å². The predicted octanol–water partition coefficient (Wildman–Crippen LogP) is 2.93. The summed E-state index contributed by atoms with van der Waals surface area (Å²) < 4.78 is 10.1. The molecule has 22 heavy (non-hydrogen) atoms. The molecule has 1 fully saturated rings. The summed E-state index contributed by atoms with van der Waals surface area (Å²) in [5.74, 6) is -1.14. The molecule has 4 nitrogen and oxygen atoms in total. The molecule has 1 aliphatic heterocycles. The van der Waals surface area contributed by atoms with Crippen LogP contribution in [-0.4, -0.2) is 18.2 Å². The van der Waals surface area contributed by atoms with Crippen LogP contribution in [0.15, 0.2) is 66.7 Å². The Morgan fingerprint density at radius 1 is 0.818 bits per heavy atom. The molecule has 0 atom stereocenters. The molecule has 1 saturated heterocycles. The standard InChI is InChI=1S/C18H14O4/c19-16-12-17(20)22-18(21-16)11-15(13-7-3-1-4-8-13)14-9-5-2-6-10-14/h1-11,18H,12H2. The van der Waals surface area contributed by atoms with Crippen LogP contribution in [-0.2, 0) is 19.1 Å². The number of rotatable bonds is 3. The molecular weight excluding hydrogens is 280 g/mol. The van der Waals surface area contributed by atoms with Crippen molar-refractivity contribution >= 4 is 17.5 Å². The van der Waals surface area contributed by atoms with Gasteiger partial charge in [0.2, 0.25) is 0 Å². The minimum absolute atomic E-state index is 0.337. The quantitative estimate of drug-likeness (QED) is 0.645. The number of ether oxygens (including phenoxy) is 2. The number of hydrogen-bond acceptors (Lipinski definition) is 4. The second kappa shape index (κ2) is 6.26. The first kappa shape index (κ1) is 14.1. The number of hydrogen-bond donors (Lipinski definition) is 0. The Morgan fingerprint density at radius 2 is 1.27 bits per heavy atom. The summed E-state index contributed by atoms with van der Waals surface area (Å²) in [6.07, 6.45) is 0.319. The van der Waals surface area contributed by atoms with Gasteiger partial charge in [0.25, 0.3) is 6.29 Å². The zero-order chi connectivity index (χ0) is 15.4. The van der Waals surface area contributed by atoms with Gasteiger partial charge >= 0.3 is 11.9 Å². The normalized spacial score (nSPS) is 14.9. The number of benzene rings is 2. The van der Waals surface area contributed by atoms with Crippen molar-refractivity contribution in [1.82, 2.24) is 0 Å². The molecule has 0 unspecified atom stereocenters. The Labute approximate surface area is 128 Å². The van der Waals surface area contributed by atoms with Gasteiger partial charge in [0, 0.05) is 6.08 Å². The molecule has 4 heteroatoms. The lowest BCUT2D eigenvalue weighted by atomic mass is 9.97. The summed E-state index contributed by atoms with van der Waals surface area (Å²) >= 11 is 0. The highest BCUT2D eigenvalue weighted by Gasteiger charge is 2.26. The van der Waals surface area contributed by atoms with Crippen molar-refractivity contribution < 1.29 is 19.1 Å². The van der Waals surface area contributed by atoms with Crippen LogP contribution >= 0.6 is 0 Å². The molecule has 0 amide bonds. The first-order chi connectivity index (χ1) is 10.7. The highest BCUT2D eigenvalue weighted by molar-refractivity contribution is 5.93. The third-order valence-electron chi connectivity index (χ3n) is 3.26.